The normalized spacial score (nSPS) is 13.8. The number of rotatable bonds is 19. The molecule has 2 unspecified atom stereocenters. The Hall–Kier alpha value is -3.34. The van der Waals surface area contributed by atoms with Crippen LogP contribution < -0.4 is 15.2 Å². The van der Waals surface area contributed by atoms with Crippen LogP contribution in [0.25, 0.3) is 0 Å². The molecule has 3 N–H and O–H groups in total. The summed E-state index contributed by atoms with van der Waals surface area (Å²) in [5, 5.41) is 9.95. The zero-order valence-electron chi connectivity index (χ0n) is 25.1. The van der Waals surface area contributed by atoms with Crippen LogP contribution in [0.2, 0.25) is 0 Å². The van der Waals surface area contributed by atoms with E-state index in [1.807, 2.05) is 27.7 Å². The predicted molar refractivity (Wildman–Crippen MR) is 152 cm³/mol. The number of carboxylic acids is 1. The number of esters is 1. The summed E-state index contributed by atoms with van der Waals surface area (Å²) < 4.78 is 26.2. The number of carboxylic acid groups (broad SMARTS) is 1. The molecule has 11 nitrogen and oxygen atoms in total. The number of unbranched alkanes of at least 4 members (excludes halogenated alkanes) is 4. The Morgan fingerprint density at radius 3 is 1.95 bits per heavy atom. The third-order valence-corrected chi connectivity index (χ3v) is 6.47. The van der Waals surface area contributed by atoms with Crippen LogP contribution in [0.5, 0.6) is 11.5 Å². The van der Waals surface area contributed by atoms with Gasteiger partial charge in [0.15, 0.2) is 11.5 Å². The molecule has 0 radical (unpaired) electrons. The fourth-order valence-corrected chi connectivity index (χ4v) is 3.94. The van der Waals surface area contributed by atoms with Crippen LogP contribution in [-0.4, -0.2) is 54.2 Å². The standard InChI is InChI=1S/C30H47NO10/c1-6-9-11-15-37-28(35)40-24-14-13-23(18-25(24)41-29(36)38-16-12-10-7-2)20-30(31,27(33)34)19-22(5)39-26(32)17-21(4)8-3/h13-14,18,21-22H,6-12,15-17,19-20,31H2,1-5H3,(H,33,34)/t21?,22-,30?/m0/s1. The van der Waals surface area contributed by atoms with E-state index < -0.39 is 35.9 Å². The van der Waals surface area contributed by atoms with E-state index in [-0.39, 0.29) is 49.9 Å². The van der Waals surface area contributed by atoms with Crippen LogP contribution in [0.3, 0.4) is 0 Å². The number of ether oxygens (including phenoxy) is 5. The second kappa shape index (κ2) is 18.9. The lowest BCUT2D eigenvalue weighted by molar-refractivity contribution is -0.154. The molecule has 0 aliphatic carbocycles. The van der Waals surface area contributed by atoms with Crippen molar-refractivity contribution in [2.75, 3.05) is 13.2 Å². The van der Waals surface area contributed by atoms with Gasteiger partial charge in [-0.1, -0.05) is 65.9 Å². The number of carbonyl (C=O) groups excluding carboxylic acids is 3. The molecule has 1 aromatic carbocycles. The Morgan fingerprint density at radius 1 is 0.878 bits per heavy atom. The van der Waals surface area contributed by atoms with Crippen molar-refractivity contribution in [2.45, 2.75) is 110 Å². The van der Waals surface area contributed by atoms with Crippen molar-refractivity contribution in [2.24, 2.45) is 11.7 Å². The second-order valence-corrected chi connectivity index (χ2v) is 10.5. The van der Waals surface area contributed by atoms with Crippen molar-refractivity contribution in [3.05, 3.63) is 23.8 Å². The summed E-state index contributed by atoms with van der Waals surface area (Å²) in [4.78, 5) is 48.9. The zero-order valence-corrected chi connectivity index (χ0v) is 25.1. The number of carbonyl (C=O) groups is 4. The minimum absolute atomic E-state index is 0.106. The fraction of sp³-hybridized carbons (Fsp3) is 0.667. The molecular formula is C30H47NO10. The minimum Gasteiger partial charge on any atom is -0.480 e. The molecule has 0 heterocycles. The smallest absolute Gasteiger partial charge is 0.480 e. The molecule has 3 atom stereocenters. The Morgan fingerprint density at radius 2 is 1.44 bits per heavy atom. The maximum atomic E-state index is 12.3. The molecule has 11 heteroatoms. The molecule has 232 valence electrons. The van der Waals surface area contributed by atoms with Gasteiger partial charge in [0, 0.05) is 19.3 Å². The predicted octanol–water partition coefficient (Wildman–Crippen LogP) is 6.18. The van der Waals surface area contributed by atoms with Gasteiger partial charge in [0.25, 0.3) is 0 Å². The molecule has 0 aliphatic heterocycles. The van der Waals surface area contributed by atoms with E-state index in [2.05, 4.69) is 0 Å². The van der Waals surface area contributed by atoms with Crippen LogP contribution in [0.15, 0.2) is 18.2 Å². The lowest BCUT2D eigenvalue weighted by Crippen LogP contribution is -2.52. The SMILES string of the molecule is CCCCCOC(=O)Oc1ccc(CC(N)(C[C@H](C)OC(=O)CC(C)CC)C(=O)O)cc1OC(=O)OCCCCC. The van der Waals surface area contributed by atoms with Gasteiger partial charge in [-0.2, -0.15) is 0 Å². The third kappa shape index (κ3) is 14.2. The van der Waals surface area contributed by atoms with Crippen LogP contribution in [-0.2, 0) is 30.2 Å². The number of hydrogen-bond donors (Lipinski definition) is 2. The monoisotopic (exact) mass is 581 g/mol. The number of aliphatic carboxylic acids is 1. The molecular weight excluding hydrogens is 534 g/mol. The van der Waals surface area contributed by atoms with Crippen LogP contribution in [0, 0.1) is 5.92 Å². The maximum Gasteiger partial charge on any atom is 0.513 e. The third-order valence-electron chi connectivity index (χ3n) is 6.47. The van der Waals surface area contributed by atoms with Crippen molar-refractivity contribution in [1.29, 1.82) is 0 Å². The van der Waals surface area contributed by atoms with Gasteiger partial charge in [-0.3, -0.25) is 9.59 Å². The van der Waals surface area contributed by atoms with E-state index in [1.54, 1.807) is 6.92 Å². The van der Waals surface area contributed by atoms with Crippen LogP contribution in [0.4, 0.5) is 9.59 Å². The highest BCUT2D eigenvalue weighted by Crippen LogP contribution is 2.31. The van der Waals surface area contributed by atoms with E-state index in [9.17, 15) is 24.3 Å². The van der Waals surface area contributed by atoms with Gasteiger partial charge in [-0.15, -0.1) is 0 Å². The van der Waals surface area contributed by atoms with Gasteiger partial charge < -0.3 is 34.5 Å². The Labute approximate surface area is 243 Å². The summed E-state index contributed by atoms with van der Waals surface area (Å²) in [5.41, 5.74) is 4.86. The van der Waals surface area contributed by atoms with E-state index in [1.165, 1.54) is 18.2 Å². The van der Waals surface area contributed by atoms with Gasteiger partial charge in [-0.25, -0.2) is 9.59 Å². The molecule has 0 aliphatic rings. The Balaban J connectivity index is 3.08. The summed E-state index contributed by atoms with van der Waals surface area (Å²) in [5.74, 6) is -1.84. The molecule has 1 aromatic rings. The first-order chi connectivity index (χ1) is 19.4. The average Bonchev–Trinajstić information content (AvgIpc) is 2.90. The summed E-state index contributed by atoms with van der Waals surface area (Å²) >= 11 is 0. The zero-order chi connectivity index (χ0) is 30.8. The molecule has 0 amide bonds. The first-order valence-electron chi connectivity index (χ1n) is 14.5. The lowest BCUT2D eigenvalue weighted by Gasteiger charge is -2.28. The molecule has 0 bridgehead atoms. The van der Waals surface area contributed by atoms with Crippen molar-refractivity contribution in [1.82, 2.24) is 0 Å². The van der Waals surface area contributed by atoms with Gasteiger partial charge in [0.2, 0.25) is 0 Å². The van der Waals surface area contributed by atoms with Gasteiger partial charge in [0.1, 0.15) is 11.6 Å². The minimum atomic E-state index is -1.81. The molecule has 0 aromatic heterocycles. The molecule has 41 heavy (non-hydrogen) atoms. The first-order valence-corrected chi connectivity index (χ1v) is 14.5. The largest absolute Gasteiger partial charge is 0.513 e. The summed E-state index contributed by atoms with van der Waals surface area (Å²) in [7, 11) is 0. The van der Waals surface area contributed by atoms with Gasteiger partial charge in [0.05, 0.1) is 13.2 Å². The Bertz CT molecular complexity index is 982. The summed E-state index contributed by atoms with van der Waals surface area (Å²) in [6.45, 7) is 9.85. The van der Waals surface area contributed by atoms with Gasteiger partial charge in [-0.05, 0) is 43.4 Å². The quantitative estimate of drug-likeness (QED) is 0.0830. The average molecular weight is 582 g/mol. The molecule has 0 fully saturated rings. The molecule has 0 saturated heterocycles. The maximum absolute atomic E-state index is 12.3. The van der Waals surface area contributed by atoms with Crippen molar-refractivity contribution >= 4 is 24.2 Å². The van der Waals surface area contributed by atoms with E-state index in [0.29, 0.717) is 18.4 Å². The highest BCUT2D eigenvalue weighted by molar-refractivity contribution is 5.79. The number of nitrogens with two attached hydrogens (primary N) is 1. The first kappa shape index (κ1) is 35.7. The highest BCUT2D eigenvalue weighted by atomic mass is 16.7. The van der Waals surface area contributed by atoms with Gasteiger partial charge >= 0.3 is 24.2 Å². The van der Waals surface area contributed by atoms with Crippen molar-refractivity contribution in [3.63, 3.8) is 0 Å². The van der Waals surface area contributed by atoms with Crippen LogP contribution in [0.1, 0.15) is 98.0 Å². The Kier molecular flexibility index (Phi) is 16.5. The summed E-state index contributed by atoms with van der Waals surface area (Å²) in [6.07, 6.45) is 2.95. The molecule has 1 rings (SSSR count). The van der Waals surface area contributed by atoms with E-state index in [4.69, 9.17) is 29.4 Å². The molecule has 0 saturated carbocycles. The fourth-order valence-electron chi connectivity index (χ4n) is 3.94. The van der Waals surface area contributed by atoms with E-state index >= 15 is 0 Å². The van der Waals surface area contributed by atoms with Crippen molar-refractivity contribution in [3.8, 4) is 11.5 Å². The summed E-state index contributed by atoms with van der Waals surface area (Å²) in [6, 6.07) is 4.22. The number of benzene rings is 1. The highest BCUT2D eigenvalue weighted by Gasteiger charge is 2.37. The molecule has 0 spiro atoms. The van der Waals surface area contributed by atoms with Crippen molar-refractivity contribution < 1.29 is 48.0 Å². The second-order valence-electron chi connectivity index (χ2n) is 10.5. The van der Waals surface area contributed by atoms with E-state index in [0.717, 1.165) is 32.1 Å². The number of hydrogen-bond acceptors (Lipinski definition) is 10. The topological polar surface area (TPSA) is 161 Å². The van der Waals surface area contributed by atoms with Crippen LogP contribution >= 0.6 is 0 Å². The lowest BCUT2D eigenvalue weighted by atomic mass is 9.86.